The van der Waals surface area contributed by atoms with Gasteiger partial charge in [-0.3, -0.25) is 14.2 Å². The van der Waals surface area contributed by atoms with Gasteiger partial charge in [0, 0.05) is 25.7 Å². The number of carbonyl (C=O) groups is 1. The first kappa shape index (κ1) is 21.8. The zero-order valence-electron chi connectivity index (χ0n) is 16.3. The molecule has 10 heteroatoms. The number of hydrogen-bond donors (Lipinski definition) is 1. The highest BCUT2D eigenvalue weighted by atomic mass is 32.2. The van der Waals surface area contributed by atoms with Gasteiger partial charge in [-0.15, -0.1) is 0 Å². The molecule has 1 aliphatic heterocycles. The first-order chi connectivity index (χ1) is 13.9. The van der Waals surface area contributed by atoms with E-state index in [4.69, 9.17) is 5.11 Å². The smallest absolute Gasteiger partial charge is 0.262 e. The summed E-state index contributed by atoms with van der Waals surface area (Å²) in [5.74, 6) is 0.0124. The maximum absolute atomic E-state index is 12.8. The molecule has 1 atom stereocenters. The van der Waals surface area contributed by atoms with Crippen LogP contribution < -0.4 is 5.56 Å². The van der Waals surface area contributed by atoms with E-state index >= 15 is 0 Å². The summed E-state index contributed by atoms with van der Waals surface area (Å²) in [6, 6.07) is 6.73. The van der Waals surface area contributed by atoms with Crippen molar-refractivity contribution in [2.24, 2.45) is 0 Å². The zero-order chi connectivity index (χ0) is 21.0. The number of hydrogen-bond acceptors (Lipinski definition) is 7. The summed E-state index contributed by atoms with van der Waals surface area (Å²) in [6.07, 6.45) is 0.866. The Morgan fingerprint density at radius 2 is 2.14 bits per heavy atom. The molecular weight excluding hydrogens is 414 g/mol. The largest absolute Gasteiger partial charge is 0.396 e. The third kappa shape index (κ3) is 4.99. The SMILES string of the molecule is CCN(C(=O)CSc1nc2ccccc2c(=O)n1CCCO)C1CCS(=O)(=O)C1. The van der Waals surface area contributed by atoms with Gasteiger partial charge in [0.1, 0.15) is 0 Å². The first-order valence-corrected chi connectivity index (χ1v) is 12.4. The number of nitrogens with zero attached hydrogens (tertiary/aromatic N) is 3. The number of aliphatic hydroxyl groups is 1. The molecule has 2 aromatic rings. The molecule has 1 saturated heterocycles. The van der Waals surface area contributed by atoms with Crippen LogP contribution in [-0.4, -0.2) is 70.3 Å². The van der Waals surface area contributed by atoms with Gasteiger partial charge in [-0.25, -0.2) is 13.4 Å². The normalized spacial score (nSPS) is 18.2. The summed E-state index contributed by atoms with van der Waals surface area (Å²) in [5, 5.41) is 10.1. The van der Waals surface area contributed by atoms with Crippen LogP contribution in [0.3, 0.4) is 0 Å². The minimum Gasteiger partial charge on any atom is -0.396 e. The van der Waals surface area contributed by atoms with Crippen molar-refractivity contribution in [2.45, 2.75) is 37.5 Å². The molecular formula is C19H25N3O5S2. The van der Waals surface area contributed by atoms with Crippen LogP contribution in [0.4, 0.5) is 0 Å². The Hall–Kier alpha value is -1.91. The number of fused-ring (bicyclic) bond motifs is 1. The van der Waals surface area contributed by atoms with E-state index in [0.29, 0.717) is 42.0 Å². The van der Waals surface area contributed by atoms with Gasteiger partial charge in [0.15, 0.2) is 15.0 Å². The fourth-order valence-corrected chi connectivity index (χ4v) is 6.19. The Bertz CT molecular complexity index is 1050. The lowest BCUT2D eigenvalue weighted by Crippen LogP contribution is -2.42. The van der Waals surface area contributed by atoms with E-state index in [1.807, 2.05) is 6.92 Å². The van der Waals surface area contributed by atoms with Crippen LogP contribution in [-0.2, 0) is 21.2 Å². The Kier molecular flexibility index (Phi) is 6.97. The zero-order valence-corrected chi connectivity index (χ0v) is 17.9. The molecule has 1 aromatic carbocycles. The van der Waals surface area contributed by atoms with Gasteiger partial charge in [-0.05, 0) is 31.9 Å². The molecule has 0 bridgehead atoms. The van der Waals surface area contributed by atoms with Gasteiger partial charge in [-0.2, -0.15) is 0 Å². The molecule has 1 amide bonds. The Balaban J connectivity index is 1.81. The summed E-state index contributed by atoms with van der Waals surface area (Å²) in [7, 11) is -3.08. The molecule has 1 N–H and O–H groups in total. The number of sulfone groups is 1. The summed E-state index contributed by atoms with van der Waals surface area (Å²) in [4.78, 5) is 31.8. The Labute approximate surface area is 173 Å². The molecule has 0 spiro atoms. The highest BCUT2D eigenvalue weighted by Gasteiger charge is 2.33. The molecule has 29 heavy (non-hydrogen) atoms. The van der Waals surface area contributed by atoms with Crippen molar-refractivity contribution in [1.82, 2.24) is 14.5 Å². The minimum absolute atomic E-state index is 0.00663. The number of aromatic nitrogens is 2. The molecule has 1 fully saturated rings. The molecule has 0 saturated carbocycles. The number of benzene rings is 1. The van der Waals surface area contributed by atoms with Gasteiger partial charge >= 0.3 is 0 Å². The van der Waals surface area contributed by atoms with E-state index in [9.17, 15) is 18.0 Å². The molecule has 1 unspecified atom stereocenters. The van der Waals surface area contributed by atoms with Crippen molar-refractivity contribution in [2.75, 3.05) is 30.4 Å². The molecule has 1 aromatic heterocycles. The fourth-order valence-electron chi connectivity index (χ4n) is 3.55. The van der Waals surface area contributed by atoms with Crippen molar-refractivity contribution < 1.29 is 18.3 Å². The topological polar surface area (TPSA) is 110 Å². The predicted molar refractivity (Wildman–Crippen MR) is 113 cm³/mol. The van der Waals surface area contributed by atoms with Crippen LogP contribution in [0.25, 0.3) is 10.9 Å². The van der Waals surface area contributed by atoms with Crippen molar-refractivity contribution in [3.8, 4) is 0 Å². The number of para-hydroxylation sites is 1. The van der Waals surface area contributed by atoms with Gasteiger partial charge in [0.2, 0.25) is 5.91 Å². The van der Waals surface area contributed by atoms with Gasteiger partial charge in [0.05, 0.1) is 28.2 Å². The quantitative estimate of drug-likeness (QED) is 0.481. The number of thioether (sulfide) groups is 1. The molecule has 3 rings (SSSR count). The van der Waals surface area contributed by atoms with Crippen molar-refractivity contribution in [3.63, 3.8) is 0 Å². The van der Waals surface area contributed by atoms with E-state index < -0.39 is 9.84 Å². The molecule has 2 heterocycles. The van der Waals surface area contributed by atoms with E-state index in [1.165, 1.54) is 16.3 Å². The van der Waals surface area contributed by atoms with Crippen LogP contribution in [0, 0.1) is 0 Å². The summed E-state index contributed by atoms with van der Waals surface area (Å²) in [5.41, 5.74) is 0.357. The number of aliphatic hydroxyl groups excluding tert-OH is 1. The molecule has 0 radical (unpaired) electrons. The van der Waals surface area contributed by atoms with Crippen LogP contribution in [0.1, 0.15) is 19.8 Å². The maximum Gasteiger partial charge on any atom is 0.262 e. The van der Waals surface area contributed by atoms with Crippen LogP contribution in [0.2, 0.25) is 0 Å². The fraction of sp³-hybridized carbons (Fsp3) is 0.526. The van der Waals surface area contributed by atoms with Gasteiger partial charge in [-0.1, -0.05) is 23.9 Å². The molecule has 1 aliphatic rings. The average molecular weight is 440 g/mol. The lowest BCUT2D eigenvalue weighted by molar-refractivity contribution is -0.129. The molecule has 0 aliphatic carbocycles. The first-order valence-electron chi connectivity index (χ1n) is 9.59. The highest BCUT2D eigenvalue weighted by Crippen LogP contribution is 2.22. The van der Waals surface area contributed by atoms with E-state index in [1.54, 1.807) is 29.2 Å². The van der Waals surface area contributed by atoms with Gasteiger partial charge in [0.25, 0.3) is 5.56 Å². The Morgan fingerprint density at radius 1 is 1.38 bits per heavy atom. The predicted octanol–water partition coefficient (Wildman–Crippen LogP) is 0.907. The summed E-state index contributed by atoms with van der Waals surface area (Å²) in [6.45, 7) is 2.52. The lowest BCUT2D eigenvalue weighted by Gasteiger charge is -2.26. The third-order valence-corrected chi connectivity index (χ3v) is 7.71. The second kappa shape index (κ2) is 9.27. The lowest BCUT2D eigenvalue weighted by atomic mass is 10.2. The van der Waals surface area contributed by atoms with Crippen LogP contribution >= 0.6 is 11.8 Å². The monoisotopic (exact) mass is 439 g/mol. The van der Waals surface area contributed by atoms with E-state index in [-0.39, 0.29) is 41.4 Å². The minimum atomic E-state index is -3.08. The summed E-state index contributed by atoms with van der Waals surface area (Å²) < 4.78 is 25.0. The second-order valence-electron chi connectivity index (χ2n) is 6.97. The van der Waals surface area contributed by atoms with Crippen molar-refractivity contribution in [1.29, 1.82) is 0 Å². The van der Waals surface area contributed by atoms with Crippen LogP contribution in [0.5, 0.6) is 0 Å². The number of carbonyl (C=O) groups excluding carboxylic acids is 1. The Morgan fingerprint density at radius 3 is 2.79 bits per heavy atom. The number of rotatable bonds is 8. The average Bonchev–Trinajstić information content (AvgIpc) is 3.05. The van der Waals surface area contributed by atoms with Crippen molar-refractivity contribution in [3.05, 3.63) is 34.6 Å². The second-order valence-corrected chi connectivity index (χ2v) is 10.1. The molecule has 158 valence electrons. The maximum atomic E-state index is 12.8. The molecule has 8 nitrogen and oxygen atoms in total. The standard InChI is InChI=1S/C19H25N3O5S2/c1-2-21(14-8-11-29(26,27)13-14)17(24)12-28-19-20-16-7-4-3-6-15(16)18(25)22(19)9-5-10-23/h3-4,6-7,14,23H,2,5,8-13H2,1H3. The van der Waals surface area contributed by atoms with Gasteiger partial charge < -0.3 is 10.0 Å². The highest BCUT2D eigenvalue weighted by molar-refractivity contribution is 7.99. The van der Waals surface area contributed by atoms with Crippen LogP contribution in [0.15, 0.2) is 34.2 Å². The third-order valence-electron chi connectivity index (χ3n) is 5.00. The number of amides is 1. The van der Waals surface area contributed by atoms with E-state index in [0.717, 1.165) is 0 Å². The van der Waals surface area contributed by atoms with E-state index in [2.05, 4.69) is 4.98 Å². The summed E-state index contributed by atoms with van der Waals surface area (Å²) >= 11 is 1.17. The van der Waals surface area contributed by atoms with Crippen molar-refractivity contribution >= 4 is 38.4 Å².